The van der Waals surface area contributed by atoms with Gasteiger partial charge in [-0.1, -0.05) is 6.07 Å². The first-order valence-electron chi connectivity index (χ1n) is 4.91. The minimum Gasteiger partial charge on any atom is -0.404 e. The third-order valence-electron chi connectivity index (χ3n) is 1.95. The number of hydrogen-bond acceptors (Lipinski definition) is 5. The Morgan fingerprint density at radius 2 is 2.25 bits per heavy atom. The summed E-state index contributed by atoms with van der Waals surface area (Å²) in [4.78, 5) is 8.10. The molecule has 0 aliphatic heterocycles. The molecule has 0 radical (unpaired) electrons. The fourth-order valence-corrected chi connectivity index (χ4v) is 1.24. The van der Waals surface area contributed by atoms with Gasteiger partial charge in [0.15, 0.2) is 0 Å². The summed E-state index contributed by atoms with van der Waals surface area (Å²) in [5, 5.41) is 7.04. The van der Waals surface area contributed by atoms with E-state index in [1.165, 1.54) is 0 Å². The van der Waals surface area contributed by atoms with Crippen molar-refractivity contribution >= 4 is 0 Å². The van der Waals surface area contributed by atoms with E-state index in [0.29, 0.717) is 11.9 Å². The second kappa shape index (κ2) is 4.71. The van der Waals surface area contributed by atoms with Crippen LogP contribution in [0.4, 0.5) is 0 Å². The Morgan fingerprint density at radius 3 is 2.81 bits per heavy atom. The van der Waals surface area contributed by atoms with Crippen LogP contribution in [-0.2, 0) is 13.6 Å². The van der Waals surface area contributed by atoms with Crippen molar-refractivity contribution in [3.05, 3.63) is 30.2 Å². The van der Waals surface area contributed by atoms with E-state index in [-0.39, 0.29) is 0 Å². The molecule has 2 heterocycles. The zero-order valence-electron chi connectivity index (χ0n) is 9.21. The van der Waals surface area contributed by atoms with Crippen LogP contribution in [0.1, 0.15) is 5.56 Å². The molecule has 2 aromatic rings. The van der Waals surface area contributed by atoms with Crippen LogP contribution < -0.4 is 10.1 Å². The van der Waals surface area contributed by atoms with Crippen LogP contribution in [0, 0.1) is 0 Å². The van der Waals surface area contributed by atoms with E-state index < -0.39 is 0 Å². The molecule has 0 aliphatic carbocycles. The van der Waals surface area contributed by atoms with Gasteiger partial charge in [-0.05, 0) is 12.6 Å². The van der Waals surface area contributed by atoms with Crippen molar-refractivity contribution in [3.63, 3.8) is 0 Å². The highest BCUT2D eigenvalue weighted by molar-refractivity contribution is 5.19. The Balaban J connectivity index is 2.05. The van der Waals surface area contributed by atoms with Crippen LogP contribution in [0.3, 0.4) is 0 Å². The molecule has 2 rings (SSSR count). The number of nitrogens with one attached hydrogen (secondary N) is 1. The van der Waals surface area contributed by atoms with Crippen molar-refractivity contribution in [2.75, 3.05) is 7.05 Å². The lowest BCUT2D eigenvalue weighted by molar-refractivity contribution is 0.422. The number of hydrogen-bond donors (Lipinski definition) is 1. The number of aromatic nitrogens is 4. The maximum atomic E-state index is 5.36. The van der Waals surface area contributed by atoms with E-state index in [2.05, 4.69) is 20.4 Å². The molecule has 0 atom stereocenters. The second-order valence-electron chi connectivity index (χ2n) is 3.34. The second-order valence-corrected chi connectivity index (χ2v) is 3.34. The van der Waals surface area contributed by atoms with Gasteiger partial charge >= 0.3 is 6.01 Å². The zero-order chi connectivity index (χ0) is 11.4. The lowest BCUT2D eigenvalue weighted by Gasteiger charge is -2.01. The molecule has 0 aromatic carbocycles. The summed E-state index contributed by atoms with van der Waals surface area (Å²) in [5.74, 6) is 0.492. The fraction of sp³-hybridized carbons (Fsp3) is 0.300. The van der Waals surface area contributed by atoms with Gasteiger partial charge in [0.2, 0.25) is 5.88 Å². The highest BCUT2D eigenvalue weighted by Crippen LogP contribution is 2.14. The van der Waals surface area contributed by atoms with Gasteiger partial charge < -0.3 is 10.1 Å². The molecular formula is C10H13N5O. The van der Waals surface area contributed by atoms with Gasteiger partial charge in [0, 0.05) is 25.9 Å². The molecule has 0 bridgehead atoms. The van der Waals surface area contributed by atoms with Gasteiger partial charge in [-0.2, -0.15) is 4.98 Å². The molecule has 0 amide bonds. The molecule has 84 valence electrons. The molecule has 0 unspecified atom stereocenters. The standard InChI is InChI=1S/C10H13N5O/c1-11-5-8-3-4-9(12-6-8)16-10-13-7-15(2)14-10/h3-4,6-7,11H,5H2,1-2H3. The predicted octanol–water partition coefficient (Wildman–Crippen LogP) is 0.722. The van der Waals surface area contributed by atoms with Crippen LogP contribution in [-0.4, -0.2) is 26.8 Å². The average Bonchev–Trinajstić information content (AvgIpc) is 2.67. The lowest BCUT2D eigenvalue weighted by atomic mass is 10.3. The molecule has 6 heteroatoms. The van der Waals surface area contributed by atoms with Gasteiger partial charge in [-0.25, -0.2) is 4.98 Å². The Labute approximate surface area is 93.3 Å². The van der Waals surface area contributed by atoms with Crippen molar-refractivity contribution in [2.45, 2.75) is 6.54 Å². The van der Waals surface area contributed by atoms with E-state index in [4.69, 9.17) is 4.74 Å². The first kappa shape index (κ1) is 10.6. The molecule has 0 saturated heterocycles. The molecule has 6 nitrogen and oxygen atoms in total. The van der Waals surface area contributed by atoms with Crippen LogP contribution >= 0.6 is 0 Å². The highest BCUT2D eigenvalue weighted by atomic mass is 16.5. The number of ether oxygens (including phenoxy) is 1. The summed E-state index contributed by atoms with van der Waals surface area (Å²) < 4.78 is 6.93. The van der Waals surface area contributed by atoms with Gasteiger partial charge in [0.25, 0.3) is 0 Å². The van der Waals surface area contributed by atoms with Crippen LogP contribution in [0.5, 0.6) is 11.9 Å². The van der Waals surface area contributed by atoms with Crippen LogP contribution in [0.2, 0.25) is 0 Å². The molecule has 2 aromatic heterocycles. The van der Waals surface area contributed by atoms with Crippen molar-refractivity contribution < 1.29 is 4.74 Å². The summed E-state index contributed by atoms with van der Waals surface area (Å²) >= 11 is 0. The maximum Gasteiger partial charge on any atom is 0.342 e. The Kier molecular flexibility index (Phi) is 3.11. The van der Waals surface area contributed by atoms with Gasteiger partial charge in [-0.3, -0.25) is 4.68 Å². The Hall–Kier alpha value is -1.95. The number of nitrogens with zero attached hydrogens (tertiary/aromatic N) is 4. The Bertz CT molecular complexity index is 450. The highest BCUT2D eigenvalue weighted by Gasteiger charge is 2.02. The largest absolute Gasteiger partial charge is 0.404 e. The molecule has 0 spiro atoms. The van der Waals surface area contributed by atoms with Crippen LogP contribution in [0.15, 0.2) is 24.7 Å². The third-order valence-corrected chi connectivity index (χ3v) is 1.95. The third kappa shape index (κ3) is 2.54. The lowest BCUT2D eigenvalue weighted by Crippen LogP contribution is -2.05. The van der Waals surface area contributed by atoms with E-state index >= 15 is 0 Å². The summed E-state index contributed by atoms with van der Waals surface area (Å²) in [7, 11) is 3.67. The van der Waals surface area contributed by atoms with Crippen LogP contribution in [0.25, 0.3) is 0 Å². The van der Waals surface area contributed by atoms with Crippen molar-refractivity contribution in [3.8, 4) is 11.9 Å². The monoisotopic (exact) mass is 219 g/mol. The van der Waals surface area contributed by atoms with Gasteiger partial charge in [-0.15, -0.1) is 5.10 Å². The smallest absolute Gasteiger partial charge is 0.342 e. The molecule has 0 fully saturated rings. The number of pyridine rings is 1. The molecule has 0 aliphatic rings. The molecule has 16 heavy (non-hydrogen) atoms. The predicted molar refractivity (Wildman–Crippen MR) is 58.1 cm³/mol. The summed E-state index contributed by atoms with van der Waals surface area (Å²) in [6, 6.07) is 4.04. The molecule has 1 N–H and O–H groups in total. The van der Waals surface area contributed by atoms with Crippen molar-refractivity contribution in [1.82, 2.24) is 25.1 Å². The average molecular weight is 219 g/mol. The zero-order valence-corrected chi connectivity index (χ0v) is 9.21. The minimum atomic E-state index is 0.302. The first-order valence-corrected chi connectivity index (χ1v) is 4.91. The Morgan fingerprint density at radius 1 is 1.38 bits per heavy atom. The van der Waals surface area contributed by atoms with E-state index in [1.807, 2.05) is 13.1 Å². The normalized spacial score (nSPS) is 10.4. The van der Waals surface area contributed by atoms with Crippen molar-refractivity contribution in [2.24, 2.45) is 7.05 Å². The summed E-state index contributed by atoms with van der Waals surface area (Å²) in [5.41, 5.74) is 1.10. The van der Waals surface area contributed by atoms with E-state index in [9.17, 15) is 0 Å². The SMILES string of the molecule is CNCc1ccc(Oc2ncn(C)n2)nc1. The van der Waals surface area contributed by atoms with Gasteiger partial charge in [0.05, 0.1) is 0 Å². The first-order chi connectivity index (χ1) is 7.78. The van der Waals surface area contributed by atoms with E-state index in [0.717, 1.165) is 12.1 Å². The van der Waals surface area contributed by atoms with Crippen molar-refractivity contribution in [1.29, 1.82) is 0 Å². The number of aryl methyl sites for hydroxylation is 1. The quantitative estimate of drug-likeness (QED) is 0.820. The summed E-state index contributed by atoms with van der Waals surface area (Å²) in [6.07, 6.45) is 3.33. The molecular weight excluding hydrogens is 206 g/mol. The number of rotatable bonds is 4. The fourth-order valence-electron chi connectivity index (χ4n) is 1.24. The van der Waals surface area contributed by atoms with E-state index in [1.54, 1.807) is 30.3 Å². The topological polar surface area (TPSA) is 64.9 Å². The maximum absolute atomic E-state index is 5.36. The van der Waals surface area contributed by atoms with Gasteiger partial charge in [0.1, 0.15) is 6.33 Å². The molecule has 0 saturated carbocycles. The minimum absolute atomic E-state index is 0.302. The summed E-state index contributed by atoms with van der Waals surface area (Å²) in [6.45, 7) is 0.787.